The molecule has 1 aromatic heterocycles. The second-order valence-electron chi connectivity index (χ2n) is 4.82. The van der Waals surface area contributed by atoms with Gasteiger partial charge in [0.1, 0.15) is 5.75 Å². The molecule has 6 nitrogen and oxygen atoms in total. The number of fused-ring (bicyclic) bond motifs is 1. The predicted octanol–water partition coefficient (Wildman–Crippen LogP) is 0.320. The maximum atomic E-state index is 12.4. The summed E-state index contributed by atoms with van der Waals surface area (Å²) in [4.78, 5) is 27.2. The van der Waals surface area contributed by atoms with Crippen LogP contribution >= 0.6 is 0 Å². The first kappa shape index (κ1) is 12.0. The van der Waals surface area contributed by atoms with Gasteiger partial charge in [0.2, 0.25) is 0 Å². The third kappa shape index (κ3) is 2.04. The summed E-state index contributed by atoms with van der Waals surface area (Å²) < 4.78 is 1.28. The van der Waals surface area contributed by atoms with Crippen LogP contribution in [0.25, 0.3) is 10.9 Å². The Bertz CT molecular complexity index is 726. The summed E-state index contributed by atoms with van der Waals surface area (Å²) in [6.07, 6.45) is 1.51. The molecule has 0 aliphatic carbocycles. The number of hydrogen-bond acceptors (Lipinski definition) is 4. The standard InChI is InChI=1S/C13H15N3O3/c17-9-1-2-11-10(7-9)12(18)16(13(19)15-11)8-3-5-14-6-4-8/h1-2,7-8,14,17H,3-6H2,(H,15,19). The Hall–Kier alpha value is -2.08. The van der Waals surface area contributed by atoms with Gasteiger partial charge in [0.05, 0.1) is 10.9 Å². The Morgan fingerprint density at radius 1 is 1.21 bits per heavy atom. The number of H-pyrrole nitrogens is 1. The van der Waals surface area contributed by atoms with Crippen LogP contribution < -0.4 is 16.6 Å². The summed E-state index contributed by atoms with van der Waals surface area (Å²) in [5.41, 5.74) is -0.255. The molecule has 3 rings (SSSR count). The van der Waals surface area contributed by atoms with Gasteiger partial charge in [-0.1, -0.05) is 0 Å². The molecular formula is C13H15N3O3. The molecule has 19 heavy (non-hydrogen) atoms. The number of nitrogens with one attached hydrogen (secondary N) is 2. The van der Waals surface area contributed by atoms with Crippen molar-refractivity contribution in [3.05, 3.63) is 39.0 Å². The van der Waals surface area contributed by atoms with Crippen molar-refractivity contribution in [2.75, 3.05) is 13.1 Å². The molecule has 1 saturated heterocycles. The van der Waals surface area contributed by atoms with Crippen molar-refractivity contribution >= 4 is 10.9 Å². The van der Waals surface area contributed by atoms with Crippen molar-refractivity contribution < 1.29 is 5.11 Å². The van der Waals surface area contributed by atoms with Gasteiger partial charge < -0.3 is 15.4 Å². The second-order valence-corrected chi connectivity index (χ2v) is 4.82. The molecule has 6 heteroatoms. The van der Waals surface area contributed by atoms with E-state index in [0.29, 0.717) is 10.9 Å². The lowest BCUT2D eigenvalue weighted by atomic mass is 10.1. The quantitative estimate of drug-likeness (QED) is 0.690. The lowest BCUT2D eigenvalue weighted by molar-refractivity contribution is 0.352. The van der Waals surface area contributed by atoms with Crippen molar-refractivity contribution in [1.82, 2.24) is 14.9 Å². The zero-order valence-corrected chi connectivity index (χ0v) is 10.3. The Labute approximate surface area is 108 Å². The highest BCUT2D eigenvalue weighted by Crippen LogP contribution is 2.17. The summed E-state index contributed by atoms with van der Waals surface area (Å²) in [5, 5.41) is 13.0. The zero-order chi connectivity index (χ0) is 13.4. The van der Waals surface area contributed by atoms with E-state index in [1.807, 2.05) is 0 Å². The fraction of sp³-hybridized carbons (Fsp3) is 0.385. The normalized spacial score (nSPS) is 16.8. The molecule has 1 fully saturated rings. The predicted molar refractivity (Wildman–Crippen MR) is 71.6 cm³/mol. The number of nitrogens with zero attached hydrogens (tertiary/aromatic N) is 1. The highest BCUT2D eigenvalue weighted by molar-refractivity contribution is 5.78. The van der Waals surface area contributed by atoms with E-state index < -0.39 is 0 Å². The first-order valence-electron chi connectivity index (χ1n) is 6.35. The van der Waals surface area contributed by atoms with Gasteiger partial charge in [-0.3, -0.25) is 9.36 Å². The molecule has 0 saturated carbocycles. The monoisotopic (exact) mass is 261 g/mol. The average Bonchev–Trinajstić information content (AvgIpc) is 2.41. The van der Waals surface area contributed by atoms with Crippen LogP contribution in [0.15, 0.2) is 27.8 Å². The average molecular weight is 261 g/mol. The molecule has 0 spiro atoms. The third-order valence-corrected chi connectivity index (χ3v) is 3.59. The van der Waals surface area contributed by atoms with Gasteiger partial charge in [0.25, 0.3) is 5.56 Å². The summed E-state index contributed by atoms with van der Waals surface area (Å²) >= 11 is 0. The molecule has 0 radical (unpaired) electrons. The van der Waals surface area contributed by atoms with E-state index in [1.165, 1.54) is 16.7 Å². The van der Waals surface area contributed by atoms with E-state index in [2.05, 4.69) is 10.3 Å². The minimum Gasteiger partial charge on any atom is -0.508 e. The number of aromatic hydroxyl groups is 1. The number of phenols is 1. The van der Waals surface area contributed by atoms with E-state index >= 15 is 0 Å². The van der Waals surface area contributed by atoms with Crippen LogP contribution in [-0.2, 0) is 0 Å². The topological polar surface area (TPSA) is 87.1 Å². The Morgan fingerprint density at radius 3 is 2.68 bits per heavy atom. The molecule has 0 amide bonds. The first-order valence-corrected chi connectivity index (χ1v) is 6.35. The van der Waals surface area contributed by atoms with E-state index in [1.54, 1.807) is 6.07 Å². The van der Waals surface area contributed by atoms with Gasteiger partial charge >= 0.3 is 5.69 Å². The minimum atomic E-state index is -0.380. The van der Waals surface area contributed by atoms with Crippen LogP contribution in [0.1, 0.15) is 18.9 Å². The van der Waals surface area contributed by atoms with Crippen molar-refractivity contribution in [1.29, 1.82) is 0 Å². The number of piperidine rings is 1. The summed E-state index contributed by atoms with van der Waals surface area (Å²) in [5.74, 6) is 0.0218. The number of hydrogen-bond donors (Lipinski definition) is 3. The smallest absolute Gasteiger partial charge is 0.329 e. The number of benzene rings is 1. The number of rotatable bonds is 1. The second kappa shape index (κ2) is 4.55. The largest absolute Gasteiger partial charge is 0.508 e. The molecule has 0 atom stereocenters. The van der Waals surface area contributed by atoms with Crippen LogP contribution in [0.2, 0.25) is 0 Å². The third-order valence-electron chi connectivity index (χ3n) is 3.59. The molecule has 1 aliphatic rings. The molecule has 100 valence electrons. The van der Waals surface area contributed by atoms with Gasteiger partial charge in [0.15, 0.2) is 0 Å². The van der Waals surface area contributed by atoms with Crippen LogP contribution in [0.3, 0.4) is 0 Å². The first-order chi connectivity index (χ1) is 9.16. The summed E-state index contributed by atoms with van der Waals surface area (Å²) in [6.45, 7) is 1.60. The SMILES string of the molecule is O=c1[nH]c2ccc(O)cc2c(=O)n1C1CCNCC1. The highest BCUT2D eigenvalue weighted by Gasteiger charge is 2.19. The fourth-order valence-electron chi connectivity index (χ4n) is 2.61. The maximum absolute atomic E-state index is 12.4. The molecule has 1 aliphatic heterocycles. The van der Waals surface area contributed by atoms with Crippen LogP contribution in [0.5, 0.6) is 5.75 Å². The van der Waals surface area contributed by atoms with Gasteiger partial charge in [-0.2, -0.15) is 0 Å². The molecule has 1 aromatic carbocycles. The maximum Gasteiger partial charge on any atom is 0.329 e. The van der Waals surface area contributed by atoms with Gasteiger partial charge in [-0.05, 0) is 44.1 Å². The van der Waals surface area contributed by atoms with Crippen LogP contribution in [0.4, 0.5) is 0 Å². The Balaban J connectivity index is 2.24. The van der Waals surface area contributed by atoms with Gasteiger partial charge in [-0.15, -0.1) is 0 Å². The number of aromatic nitrogens is 2. The number of aromatic amines is 1. The van der Waals surface area contributed by atoms with Crippen molar-refractivity contribution in [2.24, 2.45) is 0 Å². The van der Waals surface area contributed by atoms with E-state index in [-0.39, 0.29) is 23.0 Å². The van der Waals surface area contributed by atoms with Crippen LogP contribution in [0, 0.1) is 0 Å². The highest BCUT2D eigenvalue weighted by atomic mass is 16.3. The van der Waals surface area contributed by atoms with E-state index in [0.717, 1.165) is 25.9 Å². The Morgan fingerprint density at radius 2 is 1.95 bits per heavy atom. The molecular weight excluding hydrogens is 246 g/mol. The molecule has 0 unspecified atom stereocenters. The fourth-order valence-corrected chi connectivity index (χ4v) is 2.61. The lowest BCUT2D eigenvalue weighted by Crippen LogP contribution is -2.42. The van der Waals surface area contributed by atoms with Gasteiger partial charge in [-0.25, -0.2) is 4.79 Å². The van der Waals surface area contributed by atoms with E-state index in [4.69, 9.17) is 0 Å². The van der Waals surface area contributed by atoms with Gasteiger partial charge in [0, 0.05) is 6.04 Å². The van der Waals surface area contributed by atoms with Crippen LogP contribution in [-0.4, -0.2) is 27.7 Å². The summed E-state index contributed by atoms with van der Waals surface area (Å²) in [6, 6.07) is 4.31. The van der Waals surface area contributed by atoms with Crippen molar-refractivity contribution in [3.8, 4) is 5.75 Å². The minimum absolute atomic E-state index is 0.0218. The van der Waals surface area contributed by atoms with Crippen molar-refractivity contribution in [2.45, 2.75) is 18.9 Å². The lowest BCUT2D eigenvalue weighted by Gasteiger charge is -2.23. The number of phenolic OH excluding ortho intramolecular Hbond substituents is 1. The van der Waals surface area contributed by atoms with Crippen molar-refractivity contribution in [3.63, 3.8) is 0 Å². The van der Waals surface area contributed by atoms with E-state index in [9.17, 15) is 14.7 Å². The molecule has 0 bridgehead atoms. The molecule has 2 heterocycles. The Kier molecular flexibility index (Phi) is 2.87. The summed E-state index contributed by atoms with van der Waals surface area (Å²) in [7, 11) is 0. The zero-order valence-electron chi connectivity index (χ0n) is 10.3. The molecule has 2 aromatic rings. The molecule has 3 N–H and O–H groups in total.